The third-order valence-corrected chi connectivity index (χ3v) is 6.54. The van der Waals surface area contributed by atoms with Crippen LogP contribution in [0.5, 0.6) is 0 Å². The first-order chi connectivity index (χ1) is 17.6. The molecule has 0 aromatic carbocycles. The molecule has 2 aliphatic rings. The smallest absolute Gasteiger partial charge is 0.475 e. The van der Waals surface area contributed by atoms with Gasteiger partial charge in [0, 0.05) is 49.4 Å². The number of hydrogen-bond donors (Lipinski definition) is 2. The highest BCUT2D eigenvalue weighted by Gasteiger charge is 2.52. The topological polar surface area (TPSA) is 122 Å². The maximum Gasteiger partial charge on any atom is 0.490 e. The Kier molecular flexibility index (Phi) is 11.0. The molecule has 0 bridgehead atoms. The van der Waals surface area contributed by atoms with Crippen LogP contribution in [0, 0.1) is 12.8 Å². The predicted octanol–water partition coefficient (Wildman–Crippen LogP) is 3.92. The molecule has 2 aromatic rings. The van der Waals surface area contributed by atoms with Gasteiger partial charge in [0.05, 0.1) is 30.0 Å². The summed E-state index contributed by atoms with van der Waals surface area (Å²) in [5, 5.41) is 14.2. The molecule has 2 fully saturated rings. The predicted molar refractivity (Wildman–Crippen MR) is 120 cm³/mol. The van der Waals surface area contributed by atoms with Crippen molar-refractivity contribution in [3.63, 3.8) is 0 Å². The average molecular weight is 574 g/mol. The third-order valence-electron chi connectivity index (χ3n) is 5.62. The van der Waals surface area contributed by atoms with Gasteiger partial charge in [-0.3, -0.25) is 9.88 Å². The molecule has 0 amide bonds. The summed E-state index contributed by atoms with van der Waals surface area (Å²) in [5.41, 5.74) is 4.28. The maximum absolute atomic E-state index is 10.6. The molecular weight excluding hydrogens is 548 g/mol. The summed E-state index contributed by atoms with van der Waals surface area (Å²) in [6, 6.07) is 4.01. The van der Waals surface area contributed by atoms with E-state index < -0.39 is 24.3 Å². The lowest BCUT2D eigenvalue weighted by molar-refractivity contribution is -0.193. The molecule has 1 atom stereocenters. The zero-order valence-corrected chi connectivity index (χ0v) is 20.8. The van der Waals surface area contributed by atoms with Gasteiger partial charge in [0.2, 0.25) is 0 Å². The number of ether oxygens (including phenoxy) is 2. The van der Waals surface area contributed by atoms with Crippen LogP contribution in [-0.4, -0.2) is 81.3 Å². The van der Waals surface area contributed by atoms with Crippen LogP contribution in [0.25, 0.3) is 0 Å². The summed E-state index contributed by atoms with van der Waals surface area (Å²) in [4.78, 5) is 30.0. The fourth-order valence-corrected chi connectivity index (χ4v) is 4.49. The number of halogens is 6. The van der Waals surface area contributed by atoms with Gasteiger partial charge in [-0.25, -0.2) is 14.6 Å². The van der Waals surface area contributed by atoms with Gasteiger partial charge in [-0.2, -0.15) is 26.3 Å². The van der Waals surface area contributed by atoms with Crippen molar-refractivity contribution >= 4 is 23.3 Å². The normalized spacial score (nSPS) is 18.6. The average Bonchev–Trinajstić information content (AvgIpc) is 3.40. The molecule has 2 N–H and O–H groups in total. The number of hydrogen-bond acceptors (Lipinski definition) is 8. The Morgan fingerprint density at radius 3 is 2.16 bits per heavy atom. The highest BCUT2D eigenvalue weighted by atomic mass is 32.1. The molecule has 212 valence electrons. The summed E-state index contributed by atoms with van der Waals surface area (Å²) in [5.74, 6) is -5.02. The first-order valence-corrected chi connectivity index (χ1v) is 11.8. The standard InChI is InChI=1S/C18H23N3O2S.2C2HF3O2/c1-14-17(24-13-20-14)8-21-11-18(12-21)16(4-7-23-18)10-22-9-15-2-5-19-6-3-15;2*3-2(4,5)1(6)7/h2-3,5-6,13,16H,4,7-12H2,1H3;2*(H,6,7). The van der Waals surface area contributed by atoms with Crippen LogP contribution < -0.4 is 0 Å². The molecule has 1 unspecified atom stereocenters. The number of carbonyl (C=O) groups is 2. The van der Waals surface area contributed by atoms with E-state index in [1.54, 1.807) is 11.3 Å². The summed E-state index contributed by atoms with van der Waals surface area (Å²) >= 11 is 1.75. The number of pyridine rings is 1. The minimum absolute atomic E-state index is 0.0108. The van der Waals surface area contributed by atoms with E-state index in [2.05, 4.69) is 21.8 Å². The molecule has 2 aromatic heterocycles. The van der Waals surface area contributed by atoms with Gasteiger partial charge in [-0.15, -0.1) is 11.3 Å². The van der Waals surface area contributed by atoms with Crippen LogP contribution in [0.4, 0.5) is 26.3 Å². The molecule has 1 spiro atoms. The zero-order chi connectivity index (χ0) is 28.6. The Bertz CT molecular complexity index is 1020. The Hall–Kier alpha value is -2.82. The number of carboxylic acid groups (broad SMARTS) is 2. The number of aryl methyl sites for hydroxylation is 1. The molecule has 2 aliphatic heterocycles. The number of likely N-dealkylation sites (tertiary alicyclic amines) is 1. The van der Waals surface area contributed by atoms with Crippen molar-refractivity contribution in [1.29, 1.82) is 0 Å². The van der Waals surface area contributed by atoms with Crippen molar-refractivity contribution < 1.29 is 55.6 Å². The summed E-state index contributed by atoms with van der Waals surface area (Å²) < 4.78 is 75.6. The second kappa shape index (κ2) is 13.3. The molecule has 0 aliphatic carbocycles. The van der Waals surface area contributed by atoms with E-state index in [4.69, 9.17) is 29.3 Å². The van der Waals surface area contributed by atoms with Crippen LogP contribution in [-0.2, 0) is 32.2 Å². The second-order valence-corrected chi connectivity index (χ2v) is 9.32. The molecular formula is C22H25F6N3O6S. The Morgan fingerprint density at radius 1 is 1.13 bits per heavy atom. The Balaban J connectivity index is 0.000000301. The lowest BCUT2D eigenvalue weighted by Gasteiger charge is -2.50. The zero-order valence-electron chi connectivity index (χ0n) is 20.0. The van der Waals surface area contributed by atoms with E-state index in [-0.39, 0.29) is 5.60 Å². The van der Waals surface area contributed by atoms with Crippen molar-refractivity contribution in [2.45, 2.75) is 44.4 Å². The second-order valence-electron chi connectivity index (χ2n) is 8.38. The largest absolute Gasteiger partial charge is 0.490 e. The van der Waals surface area contributed by atoms with Crippen molar-refractivity contribution in [2.24, 2.45) is 5.92 Å². The van der Waals surface area contributed by atoms with Crippen LogP contribution in [0.2, 0.25) is 0 Å². The lowest BCUT2D eigenvalue weighted by atomic mass is 9.81. The van der Waals surface area contributed by atoms with Gasteiger partial charge < -0.3 is 19.7 Å². The van der Waals surface area contributed by atoms with Gasteiger partial charge in [0.25, 0.3) is 0 Å². The van der Waals surface area contributed by atoms with E-state index in [0.717, 1.165) is 45.0 Å². The first kappa shape index (κ1) is 31.4. The lowest BCUT2D eigenvalue weighted by Crippen LogP contribution is -2.64. The highest BCUT2D eigenvalue weighted by molar-refractivity contribution is 7.09. The molecule has 38 heavy (non-hydrogen) atoms. The van der Waals surface area contributed by atoms with Crippen molar-refractivity contribution in [3.05, 3.63) is 46.2 Å². The van der Waals surface area contributed by atoms with Crippen molar-refractivity contribution in [1.82, 2.24) is 14.9 Å². The molecule has 0 radical (unpaired) electrons. The molecule has 0 saturated carbocycles. The minimum atomic E-state index is -5.08. The highest BCUT2D eigenvalue weighted by Crippen LogP contribution is 2.41. The van der Waals surface area contributed by atoms with Crippen LogP contribution in [0.3, 0.4) is 0 Å². The number of nitrogens with zero attached hydrogens (tertiary/aromatic N) is 3. The maximum atomic E-state index is 10.6. The SMILES string of the molecule is Cc1ncsc1CN1CC2(C1)OCCC2COCc1ccncc1.O=C(O)C(F)(F)F.O=C(O)C(F)(F)F. The van der Waals surface area contributed by atoms with Gasteiger partial charge >= 0.3 is 24.3 Å². The van der Waals surface area contributed by atoms with E-state index in [1.807, 2.05) is 30.0 Å². The number of aliphatic carboxylic acids is 2. The van der Waals surface area contributed by atoms with Crippen molar-refractivity contribution in [3.8, 4) is 0 Å². The van der Waals surface area contributed by atoms with Gasteiger partial charge in [-0.1, -0.05) is 0 Å². The number of alkyl halides is 6. The number of aromatic nitrogens is 2. The summed E-state index contributed by atoms with van der Waals surface area (Å²) in [7, 11) is 0. The molecule has 2 saturated heterocycles. The third kappa shape index (κ3) is 9.49. The minimum Gasteiger partial charge on any atom is -0.475 e. The number of rotatable bonds is 6. The van der Waals surface area contributed by atoms with E-state index >= 15 is 0 Å². The van der Waals surface area contributed by atoms with E-state index in [1.165, 1.54) is 10.4 Å². The fourth-order valence-electron chi connectivity index (χ4n) is 3.67. The van der Waals surface area contributed by atoms with Crippen LogP contribution in [0.1, 0.15) is 22.6 Å². The Labute approximate surface area is 217 Å². The van der Waals surface area contributed by atoms with Gasteiger partial charge in [0.15, 0.2) is 0 Å². The molecule has 16 heteroatoms. The van der Waals surface area contributed by atoms with Crippen molar-refractivity contribution in [2.75, 3.05) is 26.3 Å². The van der Waals surface area contributed by atoms with E-state index in [0.29, 0.717) is 12.5 Å². The first-order valence-electron chi connectivity index (χ1n) is 11.0. The number of thiazole rings is 1. The summed E-state index contributed by atoms with van der Waals surface area (Å²) in [6.45, 7) is 7.38. The Morgan fingerprint density at radius 2 is 1.68 bits per heavy atom. The van der Waals surface area contributed by atoms with Crippen LogP contribution in [0.15, 0.2) is 30.0 Å². The quantitative estimate of drug-likeness (QED) is 0.495. The number of carboxylic acids is 2. The fraction of sp³-hybridized carbons (Fsp3) is 0.545. The molecule has 4 rings (SSSR count). The summed E-state index contributed by atoms with van der Waals surface area (Å²) in [6.07, 6.45) is -5.45. The molecule has 4 heterocycles. The van der Waals surface area contributed by atoms with Gasteiger partial charge in [0.1, 0.15) is 0 Å². The van der Waals surface area contributed by atoms with Crippen LogP contribution >= 0.6 is 11.3 Å². The molecule has 9 nitrogen and oxygen atoms in total. The van der Waals surface area contributed by atoms with Gasteiger partial charge in [-0.05, 0) is 31.0 Å². The van der Waals surface area contributed by atoms with E-state index in [9.17, 15) is 26.3 Å². The monoisotopic (exact) mass is 573 g/mol.